The summed E-state index contributed by atoms with van der Waals surface area (Å²) in [6, 6.07) is 8.03. The molecule has 0 amide bonds. The first kappa shape index (κ1) is 12.1. The molecule has 0 aliphatic heterocycles. The lowest BCUT2D eigenvalue weighted by Gasteiger charge is -2.03. The van der Waals surface area contributed by atoms with E-state index in [-0.39, 0.29) is 0 Å². The van der Waals surface area contributed by atoms with Crippen molar-refractivity contribution in [1.82, 2.24) is 8.96 Å². The summed E-state index contributed by atoms with van der Waals surface area (Å²) in [5, 5.41) is 0. The van der Waals surface area contributed by atoms with Crippen LogP contribution in [0.15, 0.2) is 36.8 Å². The molecular weight excluding hydrogens is 264 g/mol. The monoisotopic (exact) mass is 276 g/mol. The summed E-state index contributed by atoms with van der Waals surface area (Å²) in [5.74, 6) is 0. The lowest BCUT2D eigenvalue weighted by molar-refractivity contribution is 0.472. The second kappa shape index (κ2) is 4.32. The molecule has 1 aromatic carbocycles. The Morgan fingerprint density at radius 2 is 2.05 bits per heavy atom. The van der Waals surface area contributed by atoms with E-state index in [1.807, 2.05) is 18.2 Å². The Bertz CT molecular complexity index is 760. The summed E-state index contributed by atoms with van der Waals surface area (Å²) in [7, 11) is -4.30. The second-order valence-corrected chi connectivity index (χ2v) is 5.71. The highest BCUT2D eigenvalue weighted by atomic mass is 32.2. The van der Waals surface area contributed by atoms with E-state index in [1.54, 1.807) is 6.08 Å². The first-order valence-electron chi connectivity index (χ1n) is 5.85. The van der Waals surface area contributed by atoms with Gasteiger partial charge in [0.2, 0.25) is 0 Å². The van der Waals surface area contributed by atoms with Crippen molar-refractivity contribution in [3.63, 3.8) is 0 Å². The van der Waals surface area contributed by atoms with Gasteiger partial charge in [-0.1, -0.05) is 24.3 Å². The van der Waals surface area contributed by atoms with E-state index in [1.165, 1.54) is 11.8 Å². The zero-order chi connectivity index (χ0) is 13.5. The van der Waals surface area contributed by atoms with Gasteiger partial charge in [0.05, 0.1) is 11.9 Å². The Hall–Kier alpha value is -1.92. The Morgan fingerprint density at radius 3 is 2.84 bits per heavy atom. The fraction of sp³-hybridized carbons (Fsp3) is 0.154. The van der Waals surface area contributed by atoms with Crippen molar-refractivity contribution in [3.05, 3.63) is 53.6 Å². The van der Waals surface area contributed by atoms with Gasteiger partial charge in [0.15, 0.2) is 0 Å². The van der Waals surface area contributed by atoms with Crippen LogP contribution in [0.5, 0.6) is 0 Å². The van der Waals surface area contributed by atoms with Crippen LogP contribution in [0.2, 0.25) is 0 Å². The largest absolute Gasteiger partial charge is 0.365 e. The minimum absolute atomic E-state index is 0.356. The van der Waals surface area contributed by atoms with Crippen LogP contribution in [0.25, 0.3) is 11.6 Å². The molecule has 19 heavy (non-hydrogen) atoms. The third-order valence-electron chi connectivity index (χ3n) is 3.23. The first-order valence-corrected chi connectivity index (χ1v) is 7.24. The van der Waals surface area contributed by atoms with Crippen LogP contribution in [0.4, 0.5) is 0 Å². The van der Waals surface area contributed by atoms with E-state index in [9.17, 15) is 8.42 Å². The summed E-state index contributed by atoms with van der Waals surface area (Å²) >= 11 is 0. The molecule has 0 atom stereocenters. The van der Waals surface area contributed by atoms with Crippen LogP contribution in [0.1, 0.15) is 23.2 Å². The molecular formula is C13H12N2O3S. The van der Waals surface area contributed by atoms with E-state index in [0.29, 0.717) is 5.69 Å². The molecule has 1 heterocycles. The number of allylic oxidation sites excluding steroid dienone is 1. The molecule has 1 aromatic heterocycles. The lowest BCUT2D eigenvalue weighted by atomic mass is 10.1. The minimum atomic E-state index is -4.30. The standard InChI is InChI=1S/C13H12N2O3S/c16-19(17,18)15-9-14-8-12(15)7-11-6-5-10-3-1-2-4-13(10)11/h1-4,7-9H,5-6H2,(H,16,17,18)/b11-7+. The van der Waals surface area contributed by atoms with Gasteiger partial charge in [0, 0.05) is 0 Å². The SMILES string of the molecule is O=S(=O)(O)n1cncc1/C=C1\CCc2ccccc21. The first-order chi connectivity index (χ1) is 9.05. The normalized spacial score (nSPS) is 16.8. The molecule has 0 saturated heterocycles. The lowest BCUT2D eigenvalue weighted by Crippen LogP contribution is -2.10. The number of nitrogens with zero attached hydrogens (tertiary/aromatic N) is 2. The highest BCUT2D eigenvalue weighted by Gasteiger charge is 2.17. The number of fused-ring (bicyclic) bond motifs is 1. The van der Waals surface area contributed by atoms with Gasteiger partial charge in [-0.3, -0.25) is 4.55 Å². The number of hydrogen-bond acceptors (Lipinski definition) is 3. The molecule has 1 aliphatic rings. The predicted octanol–water partition coefficient (Wildman–Crippen LogP) is 2.02. The van der Waals surface area contributed by atoms with Crippen LogP contribution in [-0.4, -0.2) is 21.9 Å². The van der Waals surface area contributed by atoms with Crippen molar-refractivity contribution in [2.45, 2.75) is 12.8 Å². The number of hydrogen-bond donors (Lipinski definition) is 1. The predicted molar refractivity (Wildman–Crippen MR) is 71.8 cm³/mol. The Labute approximate surface area is 111 Å². The Balaban J connectivity index is 2.08. The van der Waals surface area contributed by atoms with Crippen LogP contribution in [0, 0.1) is 0 Å². The van der Waals surface area contributed by atoms with Crippen molar-refractivity contribution >= 4 is 22.0 Å². The van der Waals surface area contributed by atoms with E-state index in [4.69, 9.17) is 4.55 Å². The van der Waals surface area contributed by atoms with E-state index < -0.39 is 10.3 Å². The second-order valence-electron chi connectivity index (χ2n) is 4.42. The quantitative estimate of drug-likeness (QED) is 0.852. The van der Waals surface area contributed by atoms with Gasteiger partial charge in [-0.15, -0.1) is 0 Å². The van der Waals surface area contributed by atoms with Gasteiger partial charge in [-0.2, -0.15) is 8.42 Å². The fourth-order valence-electron chi connectivity index (χ4n) is 2.37. The highest BCUT2D eigenvalue weighted by Crippen LogP contribution is 2.33. The maximum Gasteiger partial charge on any atom is 0.365 e. The number of imidazole rings is 1. The smallest absolute Gasteiger partial charge is 0.269 e. The fourth-order valence-corrected chi connectivity index (χ4v) is 2.91. The molecule has 1 aliphatic carbocycles. The number of rotatable bonds is 2. The third kappa shape index (κ3) is 2.20. The van der Waals surface area contributed by atoms with Gasteiger partial charge in [-0.05, 0) is 35.6 Å². The van der Waals surface area contributed by atoms with Crippen LogP contribution in [0.3, 0.4) is 0 Å². The molecule has 0 spiro atoms. The van der Waals surface area contributed by atoms with Gasteiger partial charge in [-0.25, -0.2) is 8.96 Å². The topological polar surface area (TPSA) is 72.2 Å². The summed E-state index contributed by atoms with van der Waals surface area (Å²) in [4.78, 5) is 3.77. The maximum absolute atomic E-state index is 11.2. The van der Waals surface area contributed by atoms with E-state index in [0.717, 1.165) is 34.3 Å². The van der Waals surface area contributed by atoms with E-state index in [2.05, 4.69) is 11.1 Å². The molecule has 0 radical (unpaired) electrons. The molecule has 3 rings (SSSR count). The van der Waals surface area contributed by atoms with Gasteiger partial charge < -0.3 is 0 Å². The van der Waals surface area contributed by atoms with Gasteiger partial charge in [0.1, 0.15) is 6.33 Å². The molecule has 2 aromatic rings. The van der Waals surface area contributed by atoms with Crippen molar-refractivity contribution in [3.8, 4) is 0 Å². The van der Waals surface area contributed by atoms with Crippen LogP contribution < -0.4 is 0 Å². The molecule has 1 N–H and O–H groups in total. The summed E-state index contributed by atoms with van der Waals surface area (Å²) in [5.41, 5.74) is 3.80. The van der Waals surface area contributed by atoms with E-state index >= 15 is 0 Å². The summed E-state index contributed by atoms with van der Waals surface area (Å²) in [6.07, 6.45) is 6.06. The molecule has 0 fully saturated rings. The molecule has 5 nitrogen and oxygen atoms in total. The molecule has 98 valence electrons. The van der Waals surface area contributed by atoms with Crippen LogP contribution >= 0.6 is 0 Å². The zero-order valence-corrected chi connectivity index (χ0v) is 10.8. The molecule has 0 unspecified atom stereocenters. The van der Waals surface area contributed by atoms with Gasteiger partial charge in [0.25, 0.3) is 0 Å². The Morgan fingerprint density at radius 1 is 1.26 bits per heavy atom. The van der Waals surface area contributed by atoms with Crippen LogP contribution in [-0.2, 0) is 16.7 Å². The van der Waals surface area contributed by atoms with Gasteiger partial charge >= 0.3 is 10.3 Å². The summed E-state index contributed by atoms with van der Waals surface area (Å²) < 4.78 is 32.2. The summed E-state index contributed by atoms with van der Waals surface area (Å²) in [6.45, 7) is 0. The number of aromatic nitrogens is 2. The molecule has 0 bridgehead atoms. The van der Waals surface area contributed by atoms with Crippen molar-refractivity contribution < 1.29 is 13.0 Å². The average Bonchev–Trinajstić information content (AvgIpc) is 2.97. The maximum atomic E-state index is 11.2. The van der Waals surface area contributed by atoms with Crippen molar-refractivity contribution in [2.24, 2.45) is 0 Å². The van der Waals surface area contributed by atoms with Crippen molar-refractivity contribution in [2.75, 3.05) is 0 Å². The number of aryl methyl sites for hydroxylation is 1. The average molecular weight is 276 g/mol. The van der Waals surface area contributed by atoms with Crippen molar-refractivity contribution in [1.29, 1.82) is 0 Å². The third-order valence-corrected chi connectivity index (χ3v) is 4.03. The minimum Gasteiger partial charge on any atom is -0.269 e. The Kier molecular flexibility index (Phi) is 2.76. The molecule has 6 heteroatoms. The zero-order valence-electron chi connectivity index (χ0n) is 10.0. The molecule has 0 saturated carbocycles. The highest BCUT2D eigenvalue weighted by molar-refractivity contribution is 7.84. The number of benzene rings is 1.